The number of nitrogens with zero attached hydrogens (tertiary/aromatic N) is 3. The number of aliphatic hydroxyl groups excluding tert-OH is 1. The Bertz CT molecular complexity index is 1500. The van der Waals surface area contributed by atoms with Gasteiger partial charge in [-0.3, -0.25) is 9.59 Å². The summed E-state index contributed by atoms with van der Waals surface area (Å²) in [4.78, 5) is 32.0. The fraction of sp³-hybridized carbons (Fsp3) is 0.194. The minimum atomic E-state index is -0.734. The lowest BCUT2D eigenvalue weighted by Gasteiger charge is -2.25. The molecule has 1 aliphatic heterocycles. The second kappa shape index (κ2) is 11.6. The minimum absolute atomic E-state index is 0.0541. The predicted octanol–water partition coefficient (Wildman–Crippen LogP) is 5.94. The van der Waals surface area contributed by atoms with Crippen LogP contribution in [0.5, 0.6) is 5.75 Å². The average molecular weight is 542 g/mol. The van der Waals surface area contributed by atoms with Crippen molar-refractivity contribution in [1.82, 2.24) is 14.5 Å². The highest BCUT2D eigenvalue weighted by Gasteiger charge is 2.45. The van der Waals surface area contributed by atoms with E-state index < -0.39 is 17.7 Å². The van der Waals surface area contributed by atoms with Gasteiger partial charge in [0.1, 0.15) is 18.1 Å². The van der Waals surface area contributed by atoms with E-state index in [0.29, 0.717) is 48.0 Å². The third-order valence-electron chi connectivity index (χ3n) is 6.72. The Balaban J connectivity index is 1.41. The van der Waals surface area contributed by atoms with E-state index in [4.69, 9.17) is 16.3 Å². The maximum Gasteiger partial charge on any atom is 0.295 e. The Labute approximate surface area is 231 Å². The number of Topliss-reactive ketones (excluding diaryl/α,β-unsaturated/α-hetero) is 1. The number of ketones is 1. The van der Waals surface area contributed by atoms with Crippen LogP contribution in [0.25, 0.3) is 5.76 Å². The van der Waals surface area contributed by atoms with Gasteiger partial charge in [-0.05, 0) is 60.9 Å². The molecular formula is C31H28ClN3O4. The van der Waals surface area contributed by atoms with Gasteiger partial charge < -0.3 is 19.3 Å². The van der Waals surface area contributed by atoms with Gasteiger partial charge >= 0.3 is 0 Å². The van der Waals surface area contributed by atoms with Gasteiger partial charge in [0.25, 0.3) is 11.7 Å². The average Bonchev–Trinajstić information content (AvgIpc) is 3.55. The summed E-state index contributed by atoms with van der Waals surface area (Å²) in [5.74, 6) is -0.951. The summed E-state index contributed by atoms with van der Waals surface area (Å²) in [5.41, 5.74) is 3.38. The van der Waals surface area contributed by atoms with E-state index in [2.05, 4.69) is 11.1 Å². The van der Waals surface area contributed by atoms with Crippen LogP contribution in [0, 0.1) is 6.92 Å². The van der Waals surface area contributed by atoms with Gasteiger partial charge in [-0.25, -0.2) is 4.98 Å². The number of carbonyl (C=O) groups excluding carboxylic acids is 2. The number of hydrogen-bond acceptors (Lipinski definition) is 5. The van der Waals surface area contributed by atoms with Crippen LogP contribution in [0.4, 0.5) is 0 Å². The molecule has 0 spiro atoms. The standard InChI is InChI=1S/C31H28ClN3O4/c1-21-4-2-5-22(18-21)19-39-26-12-8-24(9-13-26)29(36)27-28(23-6-10-25(32)11-7-23)35(31(38)30(27)37)16-3-15-34-17-14-33-20-34/h2,4-14,17-18,20,28,36H,3,15-16,19H2,1H3. The fourth-order valence-electron chi connectivity index (χ4n) is 4.78. The Morgan fingerprint density at radius 3 is 2.49 bits per heavy atom. The van der Waals surface area contributed by atoms with Crippen LogP contribution < -0.4 is 4.74 Å². The van der Waals surface area contributed by atoms with Crippen LogP contribution in [0.3, 0.4) is 0 Å². The highest BCUT2D eigenvalue weighted by Crippen LogP contribution is 2.40. The molecule has 0 aliphatic carbocycles. The molecule has 1 N–H and O–H groups in total. The first-order chi connectivity index (χ1) is 18.9. The third kappa shape index (κ3) is 5.89. The summed E-state index contributed by atoms with van der Waals surface area (Å²) in [5, 5.41) is 11.9. The SMILES string of the molecule is Cc1cccc(COc2ccc(C(O)=C3C(=O)C(=O)N(CCCn4ccnc4)C3c3ccc(Cl)cc3)cc2)c1. The number of amides is 1. The van der Waals surface area contributed by atoms with Gasteiger partial charge in [0.15, 0.2) is 0 Å². The van der Waals surface area contributed by atoms with Crippen molar-refractivity contribution >= 4 is 29.1 Å². The maximum absolute atomic E-state index is 13.3. The van der Waals surface area contributed by atoms with Crippen LogP contribution in [-0.4, -0.2) is 37.8 Å². The highest BCUT2D eigenvalue weighted by atomic mass is 35.5. The van der Waals surface area contributed by atoms with Crippen molar-refractivity contribution < 1.29 is 19.4 Å². The lowest BCUT2D eigenvalue weighted by molar-refractivity contribution is -0.139. The molecule has 0 saturated carbocycles. The Hall–Kier alpha value is -4.36. The van der Waals surface area contributed by atoms with Crippen molar-refractivity contribution in [1.29, 1.82) is 0 Å². The van der Waals surface area contributed by atoms with E-state index in [9.17, 15) is 14.7 Å². The van der Waals surface area contributed by atoms with Crippen LogP contribution in [-0.2, 0) is 22.7 Å². The zero-order valence-corrected chi connectivity index (χ0v) is 22.2. The number of aryl methyl sites for hydroxylation is 2. The largest absolute Gasteiger partial charge is 0.507 e. The van der Waals surface area contributed by atoms with Crippen molar-refractivity contribution in [2.24, 2.45) is 0 Å². The molecule has 1 aliphatic rings. The molecule has 1 amide bonds. The van der Waals surface area contributed by atoms with Crippen molar-refractivity contribution in [3.05, 3.63) is 124 Å². The molecule has 1 saturated heterocycles. The Morgan fingerprint density at radius 1 is 1.03 bits per heavy atom. The van der Waals surface area contributed by atoms with Crippen LogP contribution >= 0.6 is 11.6 Å². The van der Waals surface area contributed by atoms with Gasteiger partial charge in [0, 0.05) is 36.1 Å². The van der Waals surface area contributed by atoms with Gasteiger partial charge in [-0.1, -0.05) is 53.6 Å². The predicted molar refractivity (Wildman–Crippen MR) is 149 cm³/mol. The molecule has 7 nitrogen and oxygen atoms in total. The molecule has 1 fully saturated rings. The molecule has 39 heavy (non-hydrogen) atoms. The van der Waals surface area contributed by atoms with Crippen molar-refractivity contribution in [2.45, 2.75) is 32.5 Å². The van der Waals surface area contributed by atoms with E-state index in [0.717, 1.165) is 11.1 Å². The molecule has 1 aromatic heterocycles. The molecule has 8 heteroatoms. The van der Waals surface area contributed by atoms with E-state index in [1.54, 1.807) is 61.1 Å². The monoisotopic (exact) mass is 541 g/mol. The second-order valence-electron chi connectivity index (χ2n) is 9.50. The highest BCUT2D eigenvalue weighted by molar-refractivity contribution is 6.46. The first kappa shape index (κ1) is 26.3. The number of halogens is 1. The summed E-state index contributed by atoms with van der Waals surface area (Å²) in [6.45, 7) is 3.41. The smallest absolute Gasteiger partial charge is 0.295 e. The summed E-state index contributed by atoms with van der Waals surface area (Å²) in [7, 11) is 0. The zero-order valence-electron chi connectivity index (χ0n) is 21.5. The zero-order chi connectivity index (χ0) is 27.4. The van der Waals surface area contributed by atoms with E-state index in [-0.39, 0.29) is 11.3 Å². The molecular weight excluding hydrogens is 514 g/mol. The van der Waals surface area contributed by atoms with Gasteiger partial charge in [0.2, 0.25) is 0 Å². The van der Waals surface area contributed by atoms with Crippen LogP contribution in [0.1, 0.15) is 34.7 Å². The quantitative estimate of drug-likeness (QED) is 0.161. The number of imidazole rings is 1. The molecule has 5 rings (SSSR count). The summed E-state index contributed by atoms with van der Waals surface area (Å²) < 4.78 is 7.81. The summed E-state index contributed by atoms with van der Waals surface area (Å²) in [6, 6.07) is 21.2. The molecule has 3 aromatic carbocycles. The lowest BCUT2D eigenvalue weighted by atomic mass is 9.95. The molecule has 198 valence electrons. The molecule has 4 aromatic rings. The lowest BCUT2D eigenvalue weighted by Crippen LogP contribution is -2.31. The van der Waals surface area contributed by atoms with Crippen molar-refractivity contribution in [3.63, 3.8) is 0 Å². The molecule has 1 unspecified atom stereocenters. The van der Waals surface area contributed by atoms with Gasteiger partial charge in [-0.2, -0.15) is 0 Å². The Morgan fingerprint density at radius 2 is 1.79 bits per heavy atom. The van der Waals surface area contributed by atoms with Crippen molar-refractivity contribution in [3.8, 4) is 5.75 Å². The number of ether oxygens (including phenoxy) is 1. The number of aromatic nitrogens is 2. The van der Waals surface area contributed by atoms with E-state index >= 15 is 0 Å². The molecule has 2 heterocycles. The topological polar surface area (TPSA) is 84.7 Å². The second-order valence-corrected chi connectivity index (χ2v) is 9.94. The Kier molecular flexibility index (Phi) is 7.79. The van der Waals surface area contributed by atoms with Crippen molar-refractivity contribution in [2.75, 3.05) is 6.54 Å². The van der Waals surface area contributed by atoms with Gasteiger partial charge in [-0.15, -0.1) is 0 Å². The van der Waals surface area contributed by atoms with Crippen LogP contribution in [0.15, 0.2) is 97.1 Å². The molecule has 1 atom stereocenters. The molecule has 0 bridgehead atoms. The number of benzene rings is 3. The molecule has 0 radical (unpaired) electrons. The number of hydrogen-bond donors (Lipinski definition) is 1. The van der Waals surface area contributed by atoms with Crippen LogP contribution in [0.2, 0.25) is 5.02 Å². The first-order valence-electron chi connectivity index (χ1n) is 12.7. The third-order valence-corrected chi connectivity index (χ3v) is 6.97. The number of aliphatic hydroxyl groups is 1. The number of rotatable bonds is 9. The van der Waals surface area contributed by atoms with E-state index in [1.165, 1.54) is 4.90 Å². The maximum atomic E-state index is 13.3. The summed E-state index contributed by atoms with van der Waals surface area (Å²) >= 11 is 6.11. The number of carbonyl (C=O) groups is 2. The van der Waals surface area contributed by atoms with Gasteiger partial charge in [0.05, 0.1) is 17.9 Å². The number of likely N-dealkylation sites (tertiary alicyclic amines) is 1. The first-order valence-corrected chi connectivity index (χ1v) is 13.1. The summed E-state index contributed by atoms with van der Waals surface area (Å²) in [6.07, 6.45) is 5.86. The van der Waals surface area contributed by atoms with E-state index in [1.807, 2.05) is 35.9 Å². The fourth-order valence-corrected chi connectivity index (χ4v) is 4.90. The normalized spacial score (nSPS) is 16.6. The minimum Gasteiger partial charge on any atom is -0.507 e.